The van der Waals surface area contributed by atoms with Gasteiger partial charge in [-0.2, -0.15) is 10.2 Å². The molecule has 1 amide bonds. The molecule has 0 aliphatic heterocycles. The van der Waals surface area contributed by atoms with E-state index in [4.69, 9.17) is 0 Å². The second kappa shape index (κ2) is 7.43. The third-order valence-corrected chi connectivity index (χ3v) is 4.31. The second-order valence-electron chi connectivity index (χ2n) is 6.34. The van der Waals surface area contributed by atoms with Gasteiger partial charge in [-0.3, -0.25) is 14.6 Å². The Morgan fingerprint density at radius 2 is 1.93 bits per heavy atom. The van der Waals surface area contributed by atoms with Gasteiger partial charge < -0.3 is 5.32 Å². The fraction of sp³-hybridized carbons (Fsp3) is 0.150. The van der Waals surface area contributed by atoms with Crippen molar-refractivity contribution in [3.63, 3.8) is 0 Å². The molecule has 0 unspecified atom stereocenters. The van der Waals surface area contributed by atoms with Gasteiger partial charge in [0, 0.05) is 24.5 Å². The molecule has 140 valence electrons. The normalized spacial score (nSPS) is 10.9. The minimum atomic E-state index is -0.364. The van der Waals surface area contributed by atoms with E-state index in [1.54, 1.807) is 31.5 Å². The zero-order valence-electron chi connectivity index (χ0n) is 15.2. The van der Waals surface area contributed by atoms with E-state index in [2.05, 4.69) is 20.5 Å². The molecule has 0 radical (unpaired) electrons. The molecule has 0 atom stereocenters. The number of hydrogen-bond acceptors (Lipinski definition) is 5. The smallest absolute Gasteiger partial charge is 0.293 e. The van der Waals surface area contributed by atoms with Crippen LogP contribution in [-0.2, 0) is 17.9 Å². The van der Waals surface area contributed by atoms with Crippen LogP contribution >= 0.6 is 0 Å². The van der Waals surface area contributed by atoms with E-state index < -0.39 is 0 Å². The summed E-state index contributed by atoms with van der Waals surface area (Å²) in [6, 6.07) is 15.0. The molecule has 0 aliphatic carbocycles. The van der Waals surface area contributed by atoms with Gasteiger partial charge in [0.25, 0.3) is 5.56 Å². The molecule has 1 N–H and O–H groups in total. The summed E-state index contributed by atoms with van der Waals surface area (Å²) in [5, 5.41) is 11.5. The van der Waals surface area contributed by atoms with Crippen LogP contribution in [0, 0.1) is 6.92 Å². The number of rotatable bonds is 5. The number of fused-ring (bicyclic) bond motifs is 1. The number of aromatic nitrogens is 5. The predicted octanol–water partition coefficient (Wildman–Crippen LogP) is 1.58. The Labute approximate surface area is 160 Å². The van der Waals surface area contributed by atoms with Gasteiger partial charge >= 0.3 is 0 Å². The number of aryl methyl sites for hydroxylation is 1. The van der Waals surface area contributed by atoms with Crippen LogP contribution in [0.5, 0.6) is 0 Å². The summed E-state index contributed by atoms with van der Waals surface area (Å²) in [7, 11) is 0. The van der Waals surface area contributed by atoms with E-state index in [1.165, 1.54) is 9.20 Å². The Balaban J connectivity index is 1.58. The van der Waals surface area contributed by atoms with Crippen molar-refractivity contribution in [2.24, 2.45) is 0 Å². The molecular formula is C20H18N6O2. The van der Waals surface area contributed by atoms with Gasteiger partial charge in [-0.1, -0.05) is 36.4 Å². The molecule has 0 bridgehead atoms. The lowest BCUT2D eigenvalue weighted by molar-refractivity contribution is -0.122. The maximum atomic E-state index is 12.8. The number of nitrogens with one attached hydrogen (secondary N) is 1. The molecule has 0 fully saturated rings. The Morgan fingerprint density at radius 1 is 1.11 bits per heavy atom. The van der Waals surface area contributed by atoms with Crippen LogP contribution in [-0.4, -0.2) is 30.3 Å². The molecule has 4 rings (SSSR count). The molecule has 4 aromatic rings. The highest BCUT2D eigenvalue weighted by atomic mass is 16.2. The summed E-state index contributed by atoms with van der Waals surface area (Å²) >= 11 is 0. The van der Waals surface area contributed by atoms with Gasteiger partial charge in [-0.05, 0) is 24.6 Å². The Kier molecular flexibility index (Phi) is 4.67. The number of amides is 1. The standard InChI is InChI=1S/C20H18N6O2/c1-14-23-25(13-19(27)22-12-15-6-5-9-21-11-15)20(28)18-10-17(24-26(14)18)16-7-3-2-4-8-16/h2-11H,12-13H2,1H3,(H,22,27). The number of hydrogen-bond donors (Lipinski definition) is 1. The lowest BCUT2D eigenvalue weighted by Gasteiger charge is -2.08. The maximum absolute atomic E-state index is 12.8. The number of pyridine rings is 1. The fourth-order valence-corrected chi connectivity index (χ4v) is 2.93. The molecule has 0 saturated carbocycles. The monoisotopic (exact) mass is 374 g/mol. The number of carbonyl (C=O) groups excluding carboxylic acids is 1. The van der Waals surface area contributed by atoms with Gasteiger partial charge in [0.15, 0.2) is 0 Å². The summed E-state index contributed by atoms with van der Waals surface area (Å²) in [4.78, 5) is 29.0. The minimum absolute atomic E-state index is 0.164. The third-order valence-electron chi connectivity index (χ3n) is 4.31. The van der Waals surface area contributed by atoms with Crippen molar-refractivity contribution in [1.82, 2.24) is 29.7 Å². The highest BCUT2D eigenvalue weighted by Gasteiger charge is 2.14. The zero-order valence-corrected chi connectivity index (χ0v) is 15.2. The van der Waals surface area contributed by atoms with Crippen molar-refractivity contribution in [3.8, 4) is 11.3 Å². The minimum Gasteiger partial charge on any atom is -0.350 e. The summed E-state index contributed by atoms with van der Waals surface area (Å²) in [6.07, 6.45) is 3.35. The average Bonchev–Trinajstić information content (AvgIpc) is 3.18. The van der Waals surface area contributed by atoms with Gasteiger partial charge in [-0.15, -0.1) is 0 Å². The van der Waals surface area contributed by atoms with E-state index in [-0.39, 0.29) is 18.0 Å². The van der Waals surface area contributed by atoms with Crippen molar-refractivity contribution in [2.75, 3.05) is 0 Å². The molecule has 0 spiro atoms. The van der Waals surface area contributed by atoms with Gasteiger partial charge in [0.1, 0.15) is 17.9 Å². The lowest BCUT2D eigenvalue weighted by Crippen LogP contribution is -2.34. The highest BCUT2D eigenvalue weighted by Crippen LogP contribution is 2.18. The Bertz CT molecular complexity index is 1180. The SMILES string of the molecule is Cc1nn(CC(=O)NCc2cccnc2)c(=O)c2cc(-c3ccccc3)nn12. The molecule has 3 heterocycles. The van der Waals surface area contributed by atoms with Crippen LogP contribution in [0.2, 0.25) is 0 Å². The van der Waals surface area contributed by atoms with E-state index in [0.29, 0.717) is 23.6 Å². The number of benzene rings is 1. The van der Waals surface area contributed by atoms with Crippen molar-refractivity contribution >= 4 is 11.4 Å². The van der Waals surface area contributed by atoms with Crippen LogP contribution in [0.4, 0.5) is 0 Å². The fourth-order valence-electron chi connectivity index (χ4n) is 2.93. The first-order valence-corrected chi connectivity index (χ1v) is 8.80. The largest absolute Gasteiger partial charge is 0.350 e. The van der Waals surface area contributed by atoms with E-state index in [0.717, 1.165) is 11.1 Å². The van der Waals surface area contributed by atoms with Crippen molar-refractivity contribution in [1.29, 1.82) is 0 Å². The Hall–Kier alpha value is -3.81. The first-order chi connectivity index (χ1) is 13.6. The number of carbonyl (C=O) groups is 1. The summed E-state index contributed by atoms with van der Waals surface area (Å²) in [5.41, 5.74) is 2.49. The maximum Gasteiger partial charge on any atom is 0.293 e. The molecular weight excluding hydrogens is 356 g/mol. The molecule has 0 saturated heterocycles. The van der Waals surface area contributed by atoms with Crippen molar-refractivity contribution < 1.29 is 4.79 Å². The topological polar surface area (TPSA) is 94.2 Å². The lowest BCUT2D eigenvalue weighted by atomic mass is 10.1. The van der Waals surface area contributed by atoms with E-state index >= 15 is 0 Å². The van der Waals surface area contributed by atoms with E-state index in [9.17, 15) is 9.59 Å². The predicted molar refractivity (Wildman–Crippen MR) is 104 cm³/mol. The van der Waals surface area contributed by atoms with Crippen LogP contribution < -0.4 is 10.9 Å². The first kappa shape index (κ1) is 17.6. The molecule has 3 aromatic heterocycles. The zero-order chi connectivity index (χ0) is 19.5. The quantitative estimate of drug-likeness (QED) is 0.572. The van der Waals surface area contributed by atoms with E-state index in [1.807, 2.05) is 36.4 Å². The molecule has 8 heteroatoms. The van der Waals surface area contributed by atoms with Crippen LogP contribution in [0.25, 0.3) is 16.8 Å². The summed E-state index contributed by atoms with van der Waals surface area (Å²) < 4.78 is 2.68. The molecule has 1 aromatic carbocycles. The summed E-state index contributed by atoms with van der Waals surface area (Å²) in [6.45, 7) is 1.92. The van der Waals surface area contributed by atoms with Gasteiger partial charge in [0.05, 0.1) is 5.69 Å². The third kappa shape index (κ3) is 3.52. The van der Waals surface area contributed by atoms with Crippen LogP contribution in [0.1, 0.15) is 11.4 Å². The summed E-state index contributed by atoms with van der Waals surface area (Å²) in [5.74, 6) is 0.224. The van der Waals surface area contributed by atoms with Crippen LogP contribution in [0.15, 0.2) is 65.7 Å². The molecule has 0 aliphatic rings. The second-order valence-corrected chi connectivity index (χ2v) is 6.34. The van der Waals surface area contributed by atoms with Crippen molar-refractivity contribution in [2.45, 2.75) is 20.0 Å². The van der Waals surface area contributed by atoms with Crippen molar-refractivity contribution in [3.05, 3.63) is 82.7 Å². The van der Waals surface area contributed by atoms with Crippen LogP contribution in [0.3, 0.4) is 0 Å². The van der Waals surface area contributed by atoms with Gasteiger partial charge in [-0.25, -0.2) is 9.20 Å². The molecule has 8 nitrogen and oxygen atoms in total. The number of nitrogens with zero attached hydrogens (tertiary/aromatic N) is 5. The molecule has 28 heavy (non-hydrogen) atoms. The first-order valence-electron chi connectivity index (χ1n) is 8.80. The Morgan fingerprint density at radius 3 is 2.68 bits per heavy atom. The van der Waals surface area contributed by atoms with Gasteiger partial charge in [0.2, 0.25) is 5.91 Å². The average molecular weight is 374 g/mol. The highest BCUT2D eigenvalue weighted by molar-refractivity contribution is 5.75.